The molecule has 2 aliphatic heterocycles. The van der Waals surface area contributed by atoms with Gasteiger partial charge in [-0.2, -0.15) is 0 Å². The van der Waals surface area contributed by atoms with Crippen molar-refractivity contribution in [3.05, 3.63) is 51.2 Å². The zero-order chi connectivity index (χ0) is 22.2. The molecule has 160 valence electrons. The molecule has 10 heteroatoms. The van der Waals surface area contributed by atoms with Crippen LogP contribution in [-0.2, 0) is 28.6 Å². The van der Waals surface area contributed by atoms with E-state index >= 15 is 0 Å². The number of fused-ring (bicyclic) bond motifs is 1. The highest BCUT2D eigenvalue weighted by Crippen LogP contribution is 2.52. The summed E-state index contributed by atoms with van der Waals surface area (Å²) >= 11 is 0. The fourth-order valence-electron chi connectivity index (χ4n) is 4.38. The number of esters is 2. The second-order valence-corrected chi connectivity index (χ2v) is 7.09. The lowest BCUT2D eigenvalue weighted by Crippen LogP contribution is -2.58. The summed E-state index contributed by atoms with van der Waals surface area (Å²) in [6.45, 7) is 4.42. The van der Waals surface area contributed by atoms with Crippen molar-refractivity contribution in [2.24, 2.45) is 5.92 Å². The van der Waals surface area contributed by atoms with Crippen molar-refractivity contribution >= 4 is 23.5 Å². The van der Waals surface area contributed by atoms with Gasteiger partial charge in [-0.15, -0.1) is 0 Å². The number of methoxy groups -OCH3 is 1. The lowest BCUT2D eigenvalue weighted by atomic mass is 9.71. The number of carbonyl (C=O) groups is 3. The Labute approximate surface area is 172 Å². The van der Waals surface area contributed by atoms with E-state index in [1.165, 1.54) is 30.0 Å². The molecular formula is C20H22N2O8. The first-order valence-corrected chi connectivity index (χ1v) is 9.35. The molecule has 1 aromatic rings. The molecule has 3 rings (SSSR count). The number of ether oxygens (including phenoxy) is 3. The van der Waals surface area contributed by atoms with Crippen LogP contribution in [0.25, 0.3) is 0 Å². The topological polar surface area (TPSA) is 125 Å². The van der Waals surface area contributed by atoms with Crippen LogP contribution >= 0.6 is 0 Å². The molecule has 0 radical (unpaired) electrons. The minimum absolute atomic E-state index is 0.0267. The van der Waals surface area contributed by atoms with Crippen molar-refractivity contribution in [3.63, 3.8) is 0 Å². The number of para-hydroxylation sites is 1. The third kappa shape index (κ3) is 3.13. The highest BCUT2D eigenvalue weighted by atomic mass is 16.6. The largest absolute Gasteiger partial charge is 0.466 e. The van der Waals surface area contributed by atoms with E-state index in [-0.39, 0.29) is 35.7 Å². The van der Waals surface area contributed by atoms with E-state index in [1.54, 1.807) is 19.9 Å². The van der Waals surface area contributed by atoms with E-state index < -0.39 is 40.3 Å². The van der Waals surface area contributed by atoms with Gasteiger partial charge in [0.05, 0.1) is 24.2 Å². The summed E-state index contributed by atoms with van der Waals surface area (Å²) in [5.41, 5.74) is -1.44. The third-order valence-electron chi connectivity index (χ3n) is 5.54. The minimum Gasteiger partial charge on any atom is -0.466 e. The molecule has 0 N–H and O–H groups in total. The van der Waals surface area contributed by atoms with Gasteiger partial charge < -0.3 is 14.2 Å². The van der Waals surface area contributed by atoms with Crippen LogP contribution < -0.4 is 0 Å². The number of allylic oxidation sites excluding steroid dienone is 1. The number of rotatable bonds is 5. The van der Waals surface area contributed by atoms with Crippen LogP contribution in [0, 0.1) is 16.0 Å². The molecule has 1 fully saturated rings. The van der Waals surface area contributed by atoms with Crippen LogP contribution in [0.1, 0.15) is 32.3 Å². The van der Waals surface area contributed by atoms with Gasteiger partial charge >= 0.3 is 11.9 Å². The first-order chi connectivity index (χ1) is 14.2. The number of hydrogen-bond acceptors (Lipinski definition) is 8. The summed E-state index contributed by atoms with van der Waals surface area (Å²) < 4.78 is 15.9. The lowest BCUT2D eigenvalue weighted by Gasteiger charge is -2.47. The molecule has 0 spiro atoms. The van der Waals surface area contributed by atoms with Crippen LogP contribution in [0.5, 0.6) is 0 Å². The Morgan fingerprint density at radius 2 is 2.03 bits per heavy atom. The Balaban J connectivity index is 2.38. The SMILES string of the molecule is CCOC(=O)[C@H]1[C@H](c2ccccc2[N+](=O)[O-])C(C(=O)OC)=C(C)N2C(=O)CO[C@@]12C. The number of nitrogens with zero attached hydrogens (tertiary/aromatic N) is 2. The van der Waals surface area contributed by atoms with Gasteiger partial charge in [-0.05, 0) is 20.8 Å². The Morgan fingerprint density at radius 1 is 1.37 bits per heavy atom. The van der Waals surface area contributed by atoms with E-state index in [0.717, 1.165) is 7.11 Å². The summed E-state index contributed by atoms with van der Waals surface area (Å²) in [6, 6.07) is 5.82. The van der Waals surface area contributed by atoms with E-state index in [9.17, 15) is 24.5 Å². The summed E-state index contributed by atoms with van der Waals surface area (Å²) in [5, 5.41) is 11.7. The van der Waals surface area contributed by atoms with E-state index in [4.69, 9.17) is 14.2 Å². The molecule has 1 saturated heterocycles. The maximum absolute atomic E-state index is 13.1. The van der Waals surface area contributed by atoms with Gasteiger partial charge in [-0.1, -0.05) is 18.2 Å². The van der Waals surface area contributed by atoms with Crippen molar-refractivity contribution in [2.45, 2.75) is 32.4 Å². The zero-order valence-electron chi connectivity index (χ0n) is 17.0. The average Bonchev–Trinajstić information content (AvgIpc) is 3.02. The van der Waals surface area contributed by atoms with Crippen molar-refractivity contribution in [3.8, 4) is 0 Å². The Hall–Kier alpha value is -3.27. The van der Waals surface area contributed by atoms with Gasteiger partial charge in [-0.3, -0.25) is 24.6 Å². The number of amides is 1. The molecule has 0 saturated carbocycles. The van der Waals surface area contributed by atoms with Crippen molar-refractivity contribution in [1.29, 1.82) is 0 Å². The van der Waals surface area contributed by atoms with Crippen molar-refractivity contribution in [2.75, 3.05) is 20.3 Å². The Bertz CT molecular complexity index is 956. The highest BCUT2D eigenvalue weighted by molar-refractivity contribution is 5.96. The molecule has 2 heterocycles. The maximum atomic E-state index is 13.1. The number of benzene rings is 1. The minimum atomic E-state index is -1.49. The number of hydrogen-bond donors (Lipinski definition) is 0. The van der Waals surface area contributed by atoms with Gasteiger partial charge in [0.25, 0.3) is 11.6 Å². The number of carbonyl (C=O) groups excluding carboxylic acids is 3. The zero-order valence-corrected chi connectivity index (χ0v) is 17.0. The first kappa shape index (κ1) is 21.4. The normalized spacial score (nSPS) is 25.7. The van der Waals surface area contributed by atoms with E-state index in [2.05, 4.69) is 0 Å². The van der Waals surface area contributed by atoms with Crippen molar-refractivity contribution in [1.82, 2.24) is 4.90 Å². The molecule has 3 atom stereocenters. The van der Waals surface area contributed by atoms with Gasteiger partial charge in [0.15, 0.2) is 5.72 Å². The highest BCUT2D eigenvalue weighted by Gasteiger charge is 2.62. The summed E-state index contributed by atoms with van der Waals surface area (Å²) in [6.07, 6.45) is 0. The van der Waals surface area contributed by atoms with Gasteiger partial charge in [0, 0.05) is 23.2 Å². The fraction of sp³-hybridized carbons (Fsp3) is 0.450. The summed E-state index contributed by atoms with van der Waals surface area (Å²) in [4.78, 5) is 50.8. The quantitative estimate of drug-likeness (QED) is 0.403. The van der Waals surface area contributed by atoms with Crippen LogP contribution in [-0.4, -0.2) is 53.7 Å². The summed E-state index contributed by atoms with van der Waals surface area (Å²) in [5.74, 6) is -4.33. The predicted molar refractivity (Wildman–Crippen MR) is 102 cm³/mol. The predicted octanol–water partition coefficient (Wildman–Crippen LogP) is 1.89. The van der Waals surface area contributed by atoms with Gasteiger partial charge in [0.2, 0.25) is 0 Å². The number of nitro benzene ring substituents is 1. The first-order valence-electron chi connectivity index (χ1n) is 9.35. The van der Waals surface area contributed by atoms with Crippen LogP contribution in [0.4, 0.5) is 5.69 Å². The lowest BCUT2D eigenvalue weighted by molar-refractivity contribution is -0.385. The molecule has 0 unspecified atom stereocenters. The van der Waals surface area contributed by atoms with Gasteiger partial charge in [-0.25, -0.2) is 4.79 Å². The third-order valence-corrected chi connectivity index (χ3v) is 5.54. The molecule has 0 aliphatic carbocycles. The average molecular weight is 418 g/mol. The second kappa shape index (κ2) is 7.86. The molecule has 0 bridgehead atoms. The standard InChI is InChI=1S/C20H22N2O8/c1-5-29-19(25)17-16(12-8-6-7-9-13(12)22(26)27)15(18(24)28-4)11(2)21-14(23)10-30-20(17,21)3/h6-9,16-17H,5,10H2,1-4H3/t16-,17-,20+/m1/s1. The summed E-state index contributed by atoms with van der Waals surface area (Å²) in [7, 11) is 1.16. The van der Waals surface area contributed by atoms with Crippen LogP contribution in [0.15, 0.2) is 35.5 Å². The molecule has 10 nitrogen and oxygen atoms in total. The van der Waals surface area contributed by atoms with Crippen LogP contribution in [0.2, 0.25) is 0 Å². The van der Waals surface area contributed by atoms with E-state index in [1.807, 2.05) is 0 Å². The van der Waals surface area contributed by atoms with Crippen LogP contribution in [0.3, 0.4) is 0 Å². The second-order valence-electron chi connectivity index (χ2n) is 7.09. The molecule has 1 amide bonds. The number of nitro groups is 1. The maximum Gasteiger partial charge on any atom is 0.336 e. The van der Waals surface area contributed by atoms with Gasteiger partial charge in [0.1, 0.15) is 12.5 Å². The molecule has 1 aromatic carbocycles. The fourth-order valence-corrected chi connectivity index (χ4v) is 4.38. The Kier molecular flexibility index (Phi) is 5.62. The smallest absolute Gasteiger partial charge is 0.336 e. The van der Waals surface area contributed by atoms with E-state index in [0.29, 0.717) is 0 Å². The molecule has 0 aromatic heterocycles. The molecule has 2 aliphatic rings. The Morgan fingerprint density at radius 3 is 2.63 bits per heavy atom. The van der Waals surface area contributed by atoms with Crippen molar-refractivity contribution < 1.29 is 33.5 Å². The monoisotopic (exact) mass is 418 g/mol. The molecular weight excluding hydrogens is 396 g/mol. The molecule has 30 heavy (non-hydrogen) atoms.